The molecule has 0 saturated heterocycles. The minimum Gasteiger partial charge on any atom is -0.508 e. The summed E-state index contributed by atoms with van der Waals surface area (Å²) < 4.78 is 0. The van der Waals surface area contributed by atoms with E-state index in [4.69, 9.17) is 5.11 Å². The highest BCUT2D eigenvalue weighted by atomic mass is 16.4. The molecule has 2 atom stereocenters. The molecule has 184 valence electrons. The molecule has 1 rings (SSSR count). The first kappa shape index (κ1) is 28.2. The van der Waals surface area contributed by atoms with Gasteiger partial charge in [0.25, 0.3) is 0 Å². The molecule has 0 aliphatic rings. The first-order valence-electron chi connectivity index (χ1n) is 10.9. The molecule has 0 saturated carbocycles. The highest BCUT2D eigenvalue weighted by molar-refractivity contribution is 5.91. The zero-order valence-corrected chi connectivity index (χ0v) is 21.3. The fourth-order valence-corrected chi connectivity index (χ4v) is 3.80. The quantitative estimate of drug-likeness (QED) is 0.488. The Morgan fingerprint density at radius 1 is 1.03 bits per heavy atom. The molecule has 0 aliphatic heterocycles. The minimum absolute atomic E-state index is 0.121. The van der Waals surface area contributed by atoms with Gasteiger partial charge in [0.2, 0.25) is 11.8 Å². The van der Waals surface area contributed by atoms with Gasteiger partial charge in [-0.15, -0.1) is 0 Å². The van der Waals surface area contributed by atoms with E-state index in [1.54, 1.807) is 31.3 Å². The predicted octanol–water partition coefficient (Wildman–Crippen LogP) is 2.62. The molecule has 8 heteroatoms. The van der Waals surface area contributed by atoms with Gasteiger partial charge in [0.05, 0.1) is 6.04 Å². The lowest BCUT2D eigenvalue weighted by atomic mass is 9.76. The SMILES string of the molecule is C/C(=C\CN(C)C(=O)C(NC(=O)C(N(C)C)C(C)(C)c1ccc(O)cc1)C(C)(C)C)C(=O)O. The topological polar surface area (TPSA) is 110 Å². The number of aliphatic carboxylic acids is 1. The molecule has 0 heterocycles. The van der Waals surface area contributed by atoms with Gasteiger partial charge in [-0.1, -0.05) is 52.8 Å². The number of nitrogens with zero attached hydrogens (tertiary/aromatic N) is 2. The molecule has 2 unspecified atom stereocenters. The summed E-state index contributed by atoms with van der Waals surface area (Å²) in [6.07, 6.45) is 1.47. The lowest BCUT2D eigenvalue weighted by Crippen LogP contribution is -2.61. The van der Waals surface area contributed by atoms with Crippen LogP contribution in [-0.2, 0) is 19.8 Å². The number of benzene rings is 1. The van der Waals surface area contributed by atoms with Gasteiger partial charge in [0, 0.05) is 24.6 Å². The second-order valence-electron chi connectivity index (χ2n) is 10.4. The minimum atomic E-state index is -1.04. The average molecular weight is 462 g/mol. The Balaban J connectivity index is 3.21. The number of likely N-dealkylation sites (N-methyl/N-ethyl adjacent to an activating group) is 2. The van der Waals surface area contributed by atoms with E-state index in [0.29, 0.717) is 0 Å². The third-order valence-electron chi connectivity index (χ3n) is 5.84. The lowest BCUT2D eigenvalue weighted by Gasteiger charge is -2.40. The molecule has 0 spiro atoms. The van der Waals surface area contributed by atoms with Crippen LogP contribution in [0, 0.1) is 5.41 Å². The van der Waals surface area contributed by atoms with Crippen molar-refractivity contribution in [3.63, 3.8) is 0 Å². The van der Waals surface area contributed by atoms with E-state index < -0.39 is 28.9 Å². The van der Waals surface area contributed by atoms with Gasteiger partial charge in [-0.25, -0.2) is 4.79 Å². The Hall–Kier alpha value is -2.87. The molecule has 1 aromatic rings. The van der Waals surface area contributed by atoms with E-state index in [0.717, 1.165) is 5.56 Å². The average Bonchev–Trinajstić information content (AvgIpc) is 2.68. The van der Waals surface area contributed by atoms with Crippen LogP contribution in [-0.4, -0.2) is 77.6 Å². The van der Waals surface area contributed by atoms with Crippen LogP contribution in [0.3, 0.4) is 0 Å². The third kappa shape index (κ3) is 7.32. The molecule has 0 radical (unpaired) electrons. The Bertz CT molecular complexity index is 882. The molecule has 3 N–H and O–H groups in total. The maximum absolute atomic E-state index is 13.5. The van der Waals surface area contributed by atoms with Crippen LogP contribution in [0.5, 0.6) is 5.75 Å². The van der Waals surface area contributed by atoms with Crippen molar-refractivity contribution in [2.75, 3.05) is 27.7 Å². The van der Waals surface area contributed by atoms with Gasteiger partial charge < -0.3 is 20.4 Å². The maximum Gasteiger partial charge on any atom is 0.331 e. The highest BCUT2D eigenvalue weighted by Crippen LogP contribution is 2.31. The number of carboxylic acids is 1. The van der Waals surface area contributed by atoms with Crippen LogP contribution < -0.4 is 5.32 Å². The zero-order chi connectivity index (χ0) is 25.7. The number of carbonyl (C=O) groups is 3. The summed E-state index contributed by atoms with van der Waals surface area (Å²) in [5, 5.41) is 21.6. The molecule has 8 nitrogen and oxygen atoms in total. The number of aromatic hydroxyl groups is 1. The molecule has 1 aromatic carbocycles. The molecule has 0 aliphatic carbocycles. The van der Waals surface area contributed by atoms with Gasteiger partial charge in [-0.2, -0.15) is 0 Å². The second kappa shape index (κ2) is 10.8. The standard InChI is InChI=1S/C25H39N3O5/c1-16(23(32)33)14-15-28(9)22(31)19(24(2,3)4)26-21(30)20(27(7)8)25(5,6)17-10-12-18(29)13-11-17/h10-14,19-20,29H,15H2,1-9H3,(H,26,30)(H,32,33)/b16-14+. The van der Waals surface area contributed by atoms with Crippen LogP contribution in [0.15, 0.2) is 35.9 Å². The van der Waals surface area contributed by atoms with E-state index in [2.05, 4.69) is 5.32 Å². The third-order valence-corrected chi connectivity index (χ3v) is 5.84. The largest absolute Gasteiger partial charge is 0.508 e. The predicted molar refractivity (Wildman–Crippen MR) is 129 cm³/mol. The first-order valence-corrected chi connectivity index (χ1v) is 10.9. The van der Waals surface area contributed by atoms with Crippen molar-refractivity contribution in [2.45, 2.75) is 59.0 Å². The number of amides is 2. The number of hydrogen-bond donors (Lipinski definition) is 3. The summed E-state index contributed by atoms with van der Waals surface area (Å²) in [6.45, 7) is 11.1. The van der Waals surface area contributed by atoms with Crippen molar-refractivity contribution in [3.05, 3.63) is 41.5 Å². The summed E-state index contributed by atoms with van der Waals surface area (Å²) in [5.41, 5.74) is -0.181. The Morgan fingerprint density at radius 3 is 1.97 bits per heavy atom. The van der Waals surface area contributed by atoms with E-state index >= 15 is 0 Å². The molecular weight excluding hydrogens is 422 g/mol. The molecule has 0 fully saturated rings. The number of nitrogens with one attached hydrogen (secondary N) is 1. The molecular formula is C25H39N3O5. The first-order chi connectivity index (χ1) is 15.0. The smallest absolute Gasteiger partial charge is 0.331 e. The zero-order valence-electron chi connectivity index (χ0n) is 21.3. The molecule has 2 amide bonds. The fourth-order valence-electron chi connectivity index (χ4n) is 3.80. The summed E-state index contributed by atoms with van der Waals surface area (Å²) >= 11 is 0. The van der Waals surface area contributed by atoms with Crippen molar-refractivity contribution >= 4 is 17.8 Å². The van der Waals surface area contributed by atoms with Crippen molar-refractivity contribution in [1.82, 2.24) is 15.1 Å². The van der Waals surface area contributed by atoms with Crippen molar-refractivity contribution in [2.24, 2.45) is 5.41 Å². The fraction of sp³-hybridized carbons (Fsp3) is 0.560. The van der Waals surface area contributed by atoms with Gasteiger partial charge >= 0.3 is 5.97 Å². The van der Waals surface area contributed by atoms with Gasteiger partial charge in [-0.3, -0.25) is 14.5 Å². The van der Waals surface area contributed by atoms with Crippen LogP contribution in [0.4, 0.5) is 0 Å². The number of carbonyl (C=O) groups excluding carboxylic acids is 2. The van der Waals surface area contributed by atoms with E-state index in [9.17, 15) is 19.5 Å². The van der Waals surface area contributed by atoms with Crippen LogP contribution in [0.1, 0.15) is 47.1 Å². The second-order valence-corrected chi connectivity index (χ2v) is 10.4. The Kier molecular flexibility index (Phi) is 9.24. The van der Waals surface area contributed by atoms with Crippen LogP contribution in [0.25, 0.3) is 0 Å². The summed E-state index contributed by atoms with van der Waals surface area (Å²) in [4.78, 5) is 41.1. The number of phenols is 1. The van der Waals surface area contributed by atoms with E-state index in [-0.39, 0.29) is 29.7 Å². The summed E-state index contributed by atoms with van der Waals surface area (Å²) in [5.74, 6) is -1.49. The normalized spacial score (nSPS) is 14.5. The van der Waals surface area contributed by atoms with Crippen molar-refractivity contribution < 1.29 is 24.6 Å². The van der Waals surface area contributed by atoms with Crippen molar-refractivity contribution in [3.8, 4) is 5.75 Å². The van der Waals surface area contributed by atoms with Gasteiger partial charge in [0.1, 0.15) is 11.8 Å². The molecule has 0 aromatic heterocycles. The van der Waals surface area contributed by atoms with Crippen LogP contribution >= 0.6 is 0 Å². The van der Waals surface area contributed by atoms with Crippen LogP contribution in [0.2, 0.25) is 0 Å². The number of phenolic OH excluding ortho intramolecular Hbond substituents is 1. The van der Waals surface area contributed by atoms with Crippen molar-refractivity contribution in [1.29, 1.82) is 0 Å². The maximum atomic E-state index is 13.5. The highest BCUT2D eigenvalue weighted by Gasteiger charge is 2.42. The van der Waals surface area contributed by atoms with Gasteiger partial charge in [-0.05, 0) is 44.1 Å². The Labute approximate surface area is 197 Å². The van der Waals surface area contributed by atoms with E-state index in [1.165, 1.54) is 17.9 Å². The number of hydrogen-bond acceptors (Lipinski definition) is 5. The number of rotatable bonds is 9. The van der Waals surface area contributed by atoms with Gasteiger partial charge in [0.15, 0.2) is 0 Å². The number of carboxylic acid groups (broad SMARTS) is 1. The molecule has 33 heavy (non-hydrogen) atoms. The monoisotopic (exact) mass is 461 g/mol. The van der Waals surface area contributed by atoms with E-state index in [1.807, 2.05) is 53.6 Å². The summed E-state index contributed by atoms with van der Waals surface area (Å²) in [6, 6.07) is 5.34. The lowest BCUT2D eigenvalue weighted by molar-refractivity contribution is -0.140. The Morgan fingerprint density at radius 2 is 1.55 bits per heavy atom. The molecule has 0 bridgehead atoms. The summed E-state index contributed by atoms with van der Waals surface area (Å²) in [7, 11) is 5.21.